The number of nitrogens with zero attached hydrogens (tertiary/aromatic N) is 2. The molecule has 8 nitrogen and oxygen atoms in total. The summed E-state index contributed by atoms with van der Waals surface area (Å²) in [6.45, 7) is 2.41. The van der Waals surface area contributed by atoms with Crippen molar-refractivity contribution >= 4 is 21.4 Å². The Hall–Kier alpha value is -1.71. The molecule has 1 aliphatic rings. The molecule has 1 aromatic rings. The Kier molecular flexibility index (Phi) is 4.45. The Morgan fingerprint density at radius 1 is 1.48 bits per heavy atom. The maximum Gasteiger partial charge on any atom is 0.289 e. The fourth-order valence-electron chi connectivity index (χ4n) is 2.17. The predicted octanol–water partition coefficient (Wildman–Crippen LogP) is 1.05. The number of sulfonamides is 1. The zero-order valence-corrected chi connectivity index (χ0v) is 12.6. The van der Waals surface area contributed by atoms with Gasteiger partial charge in [-0.15, -0.1) is 0 Å². The molecule has 2 rings (SSSR count). The van der Waals surface area contributed by atoms with Crippen molar-refractivity contribution in [2.24, 2.45) is 0 Å². The maximum atomic E-state index is 12.7. The highest BCUT2D eigenvalue weighted by molar-refractivity contribution is 7.89. The van der Waals surface area contributed by atoms with Crippen molar-refractivity contribution in [3.63, 3.8) is 0 Å². The molecule has 1 aromatic carbocycles. The Morgan fingerprint density at radius 3 is 2.76 bits per heavy atom. The zero-order chi connectivity index (χ0) is 15.6. The third-order valence-corrected chi connectivity index (χ3v) is 5.16. The van der Waals surface area contributed by atoms with Crippen LogP contribution in [0, 0.1) is 10.1 Å². The summed E-state index contributed by atoms with van der Waals surface area (Å²) in [5.74, 6) is 0. The number of hydrogen-bond acceptors (Lipinski definition) is 6. The molecule has 0 saturated carbocycles. The third-order valence-electron chi connectivity index (χ3n) is 3.27. The van der Waals surface area contributed by atoms with Crippen LogP contribution in [0.2, 0.25) is 0 Å². The van der Waals surface area contributed by atoms with Crippen LogP contribution in [0.3, 0.4) is 0 Å². The van der Waals surface area contributed by atoms with E-state index >= 15 is 0 Å². The van der Waals surface area contributed by atoms with Gasteiger partial charge in [0.15, 0.2) is 4.90 Å². The Bertz CT molecular complexity index is 646. The van der Waals surface area contributed by atoms with Crippen LogP contribution < -0.4 is 5.32 Å². The average molecular weight is 315 g/mol. The normalized spacial score (nSPS) is 20.2. The summed E-state index contributed by atoms with van der Waals surface area (Å²) in [7, 11) is -2.31. The number of nitrogens with one attached hydrogen (secondary N) is 1. The fraction of sp³-hybridized carbons (Fsp3) is 0.500. The number of nitro groups is 1. The van der Waals surface area contributed by atoms with Crippen molar-refractivity contribution in [3.05, 3.63) is 28.3 Å². The molecule has 1 atom stereocenters. The summed E-state index contributed by atoms with van der Waals surface area (Å²) in [5.41, 5.74) is 0.0774. The smallest absolute Gasteiger partial charge is 0.289 e. The molecule has 1 fully saturated rings. The van der Waals surface area contributed by atoms with Gasteiger partial charge in [-0.2, -0.15) is 4.31 Å². The molecule has 0 spiro atoms. The second-order valence-electron chi connectivity index (χ2n) is 4.73. The van der Waals surface area contributed by atoms with E-state index in [1.807, 2.05) is 0 Å². The number of anilines is 1. The number of ether oxygens (including phenoxy) is 1. The van der Waals surface area contributed by atoms with Gasteiger partial charge in [-0.25, -0.2) is 8.42 Å². The Morgan fingerprint density at radius 2 is 2.19 bits per heavy atom. The second kappa shape index (κ2) is 5.96. The molecular formula is C12H17N3O5S. The van der Waals surface area contributed by atoms with Crippen LogP contribution >= 0.6 is 0 Å². The largest absolute Gasteiger partial charge is 0.388 e. The predicted molar refractivity (Wildman–Crippen MR) is 76.8 cm³/mol. The van der Waals surface area contributed by atoms with E-state index in [-0.39, 0.29) is 30.7 Å². The highest BCUT2D eigenvalue weighted by atomic mass is 32.2. The molecule has 21 heavy (non-hydrogen) atoms. The minimum Gasteiger partial charge on any atom is -0.388 e. The average Bonchev–Trinajstić information content (AvgIpc) is 2.46. The first-order valence-electron chi connectivity index (χ1n) is 6.44. The van der Waals surface area contributed by atoms with Crippen molar-refractivity contribution in [3.8, 4) is 0 Å². The van der Waals surface area contributed by atoms with E-state index in [2.05, 4.69) is 5.32 Å². The number of hydrogen-bond donors (Lipinski definition) is 1. The van der Waals surface area contributed by atoms with Crippen LogP contribution in [0.15, 0.2) is 23.1 Å². The van der Waals surface area contributed by atoms with Gasteiger partial charge < -0.3 is 10.1 Å². The van der Waals surface area contributed by atoms with Gasteiger partial charge in [-0.05, 0) is 19.1 Å². The molecule has 1 heterocycles. The van der Waals surface area contributed by atoms with Crippen LogP contribution in [0.5, 0.6) is 0 Å². The first kappa shape index (κ1) is 15.7. The van der Waals surface area contributed by atoms with Crippen molar-refractivity contribution < 1.29 is 18.1 Å². The van der Waals surface area contributed by atoms with Gasteiger partial charge in [0.25, 0.3) is 5.69 Å². The summed E-state index contributed by atoms with van der Waals surface area (Å²) < 4.78 is 31.9. The number of rotatable bonds is 4. The van der Waals surface area contributed by atoms with E-state index in [4.69, 9.17) is 4.74 Å². The Labute approximate surface area is 122 Å². The van der Waals surface area contributed by atoms with Gasteiger partial charge in [0.1, 0.15) is 0 Å². The van der Waals surface area contributed by atoms with Crippen LogP contribution in [0.1, 0.15) is 6.92 Å². The first-order chi connectivity index (χ1) is 9.86. The SMILES string of the molecule is CNc1ccc([N+](=O)[O-])c(S(=O)(=O)N2CCOC(C)C2)c1. The van der Waals surface area contributed by atoms with E-state index < -0.39 is 20.6 Å². The fourth-order valence-corrected chi connectivity index (χ4v) is 3.85. The van der Waals surface area contributed by atoms with E-state index in [1.165, 1.54) is 22.5 Å². The van der Waals surface area contributed by atoms with Gasteiger partial charge in [0, 0.05) is 31.9 Å². The topological polar surface area (TPSA) is 102 Å². The van der Waals surface area contributed by atoms with Gasteiger partial charge in [-0.3, -0.25) is 10.1 Å². The Balaban J connectivity index is 2.49. The molecule has 1 unspecified atom stereocenters. The summed E-state index contributed by atoms with van der Waals surface area (Å²) >= 11 is 0. The quantitative estimate of drug-likeness (QED) is 0.658. The molecule has 1 N–H and O–H groups in total. The van der Waals surface area contributed by atoms with E-state index in [0.29, 0.717) is 5.69 Å². The number of morpholine rings is 1. The van der Waals surface area contributed by atoms with Gasteiger partial charge in [-0.1, -0.05) is 0 Å². The molecule has 1 aliphatic heterocycles. The lowest BCUT2D eigenvalue weighted by Crippen LogP contribution is -2.44. The van der Waals surface area contributed by atoms with E-state index in [9.17, 15) is 18.5 Å². The minimum atomic E-state index is -3.93. The molecule has 1 saturated heterocycles. The third kappa shape index (κ3) is 3.14. The molecule has 116 valence electrons. The first-order valence-corrected chi connectivity index (χ1v) is 7.88. The highest BCUT2D eigenvalue weighted by Gasteiger charge is 2.34. The standard InChI is InChI=1S/C12H17N3O5S/c1-9-8-14(5-6-20-9)21(18,19)12-7-10(13-2)3-4-11(12)15(16)17/h3-4,7,9,13H,5-6,8H2,1-2H3. The number of benzene rings is 1. The van der Waals surface area contributed by atoms with Gasteiger partial charge in [0.05, 0.1) is 17.6 Å². The van der Waals surface area contributed by atoms with Crippen LogP contribution in [-0.4, -0.2) is 50.5 Å². The number of nitro benzene ring substituents is 1. The molecule has 0 aliphatic carbocycles. The van der Waals surface area contributed by atoms with Gasteiger partial charge in [0.2, 0.25) is 10.0 Å². The summed E-state index contributed by atoms with van der Waals surface area (Å²) in [5, 5.41) is 13.9. The van der Waals surface area contributed by atoms with Gasteiger partial charge >= 0.3 is 0 Å². The van der Waals surface area contributed by atoms with E-state index in [1.54, 1.807) is 14.0 Å². The lowest BCUT2D eigenvalue weighted by Gasteiger charge is -2.30. The van der Waals surface area contributed by atoms with Crippen molar-refractivity contribution in [2.75, 3.05) is 32.1 Å². The van der Waals surface area contributed by atoms with E-state index in [0.717, 1.165) is 0 Å². The second-order valence-corrected chi connectivity index (χ2v) is 6.64. The minimum absolute atomic E-state index is 0.184. The molecule has 0 radical (unpaired) electrons. The maximum absolute atomic E-state index is 12.7. The van der Waals surface area contributed by atoms with Crippen molar-refractivity contribution in [1.82, 2.24) is 4.31 Å². The van der Waals surface area contributed by atoms with Crippen molar-refractivity contribution in [1.29, 1.82) is 0 Å². The zero-order valence-electron chi connectivity index (χ0n) is 11.8. The molecule has 0 aromatic heterocycles. The summed E-state index contributed by atoms with van der Waals surface area (Å²) in [6, 6.07) is 3.95. The van der Waals surface area contributed by atoms with Crippen LogP contribution in [0.25, 0.3) is 0 Å². The lowest BCUT2D eigenvalue weighted by molar-refractivity contribution is -0.387. The molecule has 0 amide bonds. The molecule has 0 bridgehead atoms. The lowest BCUT2D eigenvalue weighted by atomic mass is 10.3. The summed E-state index contributed by atoms with van der Waals surface area (Å²) in [6.07, 6.45) is -0.236. The monoisotopic (exact) mass is 315 g/mol. The highest BCUT2D eigenvalue weighted by Crippen LogP contribution is 2.30. The van der Waals surface area contributed by atoms with Crippen LogP contribution in [0.4, 0.5) is 11.4 Å². The van der Waals surface area contributed by atoms with Crippen LogP contribution in [-0.2, 0) is 14.8 Å². The van der Waals surface area contributed by atoms with Crippen molar-refractivity contribution in [2.45, 2.75) is 17.9 Å². The summed E-state index contributed by atoms with van der Waals surface area (Å²) in [4.78, 5) is 10.1. The molecule has 9 heteroatoms. The molecular weight excluding hydrogens is 298 g/mol.